The maximum absolute atomic E-state index is 10.9. The Hall–Kier alpha value is -3.73. The summed E-state index contributed by atoms with van der Waals surface area (Å²) in [5, 5.41) is 15.1. The average molecular weight is 527 g/mol. The minimum atomic E-state index is -0.474. The second-order valence-electron chi connectivity index (χ2n) is 7.46. The van der Waals surface area contributed by atoms with Gasteiger partial charge in [-0.05, 0) is 48.5 Å². The van der Waals surface area contributed by atoms with E-state index in [4.69, 9.17) is 9.47 Å². The first-order chi connectivity index (χ1) is 16.5. The fourth-order valence-electron chi connectivity index (χ4n) is 3.53. The number of methoxy groups -OCH3 is 1. The second-order valence-corrected chi connectivity index (χ2v) is 8.38. The fraction of sp³-hybridized carbons (Fsp3) is 0.261. The molecule has 1 N–H and O–H groups in total. The SMILES string of the molecule is COc1cc2c(Nc3cccc(Br)c3)ncnc2cc1OCCCCCn1ccnc1[N+](=O)[O-]. The number of fused-ring (bicyclic) bond motifs is 1. The molecule has 4 aromatic rings. The molecular weight excluding hydrogens is 504 g/mol. The van der Waals surface area contributed by atoms with Crippen LogP contribution in [0.4, 0.5) is 17.5 Å². The van der Waals surface area contributed by atoms with E-state index in [1.165, 1.54) is 12.5 Å². The highest BCUT2D eigenvalue weighted by Gasteiger charge is 2.14. The van der Waals surface area contributed by atoms with Crippen LogP contribution in [0.25, 0.3) is 10.9 Å². The van der Waals surface area contributed by atoms with Crippen LogP contribution in [-0.4, -0.2) is 38.2 Å². The summed E-state index contributed by atoms with van der Waals surface area (Å²) in [5.74, 6) is 1.73. The molecule has 0 amide bonds. The number of rotatable bonds is 11. The van der Waals surface area contributed by atoms with Gasteiger partial charge in [0.25, 0.3) is 0 Å². The van der Waals surface area contributed by atoms with Crippen LogP contribution in [0, 0.1) is 10.1 Å². The number of halogens is 1. The number of nitrogens with zero attached hydrogens (tertiary/aromatic N) is 5. The number of aryl methyl sites for hydroxylation is 1. The molecule has 0 saturated carbocycles. The minimum absolute atomic E-state index is 0.132. The van der Waals surface area contributed by atoms with Gasteiger partial charge in [0, 0.05) is 21.6 Å². The summed E-state index contributed by atoms with van der Waals surface area (Å²) in [6.07, 6.45) is 7.01. The zero-order valence-corrected chi connectivity index (χ0v) is 20.1. The van der Waals surface area contributed by atoms with E-state index in [0.29, 0.717) is 30.5 Å². The first-order valence-corrected chi connectivity index (χ1v) is 11.5. The Labute approximate surface area is 204 Å². The Bertz CT molecular complexity index is 1300. The van der Waals surface area contributed by atoms with Gasteiger partial charge in [0.2, 0.25) is 0 Å². The van der Waals surface area contributed by atoms with Crippen molar-refractivity contribution in [2.45, 2.75) is 25.8 Å². The van der Waals surface area contributed by atoms with Crippen LogP contribution in [0.3, 0.4) is 0 Å². The molecule has 4 rings (SSSR count). The van der Waals surface area contributed by atoms with Gasteiger partial charge < -0.3 is 24.9 Å². The molecule has 176 valence electrons. The number of anilines is 2. The highest BCUT2D eigenvalue weighted by atomic mass is 79.9. The molecule has 0 spiro atoms. The number of hydrogen-bond acceptors (Lipinski definition) is 8. The van der Waals surface area contributed by atoms with Crippen LogP contribution in [0.2, 0.25) is 0 Å². The smallest absolute Gasteiger partial charge is 0.434 e. The molecule has 11 heteroatoms. The summed E-state index contributed by atoms with van der Waals surface area (Å²) in [4.78, 5) is 23.0. The van der Waals surface area contributed by atoms with Crippen molar-refractivity contribution in [1.29, 1.82) is 0 Å². The molecular formula is C23H23BrN6O4. The quantitative estimate of drug-likeness (QED) is 0.154. The Kier molecular flexibility index (Phi) is 7.53. The van der Waals surface area contributed by atoms with Crippen LogP contribution >= 0.6 is 15.9 Å². The number of benzene rings is 2. The lowest BCUT2D eigenvalue weighted by molar-refractivity contribution is -0.396. The third-order valence-corrected chi connectivity index (χ3v) is 5.66. The molecule has 0 aliphatic carbocycles. The molecule has 34 heavy (non-hydrogen) atoms. The maximum atomic E-state index is 10.9. The molecule has 0 unspecified atom stereocenters. The van der Waals surface area contributed by atoms with Gasteiger partial charge in [-0.25, -0.2) is 14.5 Å². The van der Waals surface area contributed by atoms with Crippen molar-refractivity contribution in [3.8, 4) is 11.5 Å². The molecule has 0 fully saturated rings. The Balaban J connectivity index is 1.38. The minimum Gasteiger partial charge on any atom is -0.493 e. The van der Waals surface area contributed by atoms with E-state index >= 15 is 0 Å². The van der Waals surface area contributed by atoms with Gasteiger partial charge in [-0.1, -0.05) is 27.0 Å². The molecule has 0 aliphatic rings. The van der Waals surface area contributed by atoms with Crippen LogP contribution < -0.4 is 14.8 Å². The largest absolute Gasteiger partial charge is 0.493 e. The standard InChI is InChI=1S/C23H23BrN6O4/c1-33-20-13-18-19(26-15-27-22(18)28-17-7-5-6-16(24)12-17)14-21(20)34-11-4-2-3-9-29-10-8-25-23(29)30(31)32/h5-8,10,12-15H,2-4,9,11H2,1H3,(H,26,27,28). The van der Waals surface area contributed by atoms with Gasteiger partial charge in [-0.2, -0.15) is 0 Å². The number of nitrogens with one attached hydrogen (secondary N) is 1. The normalized spacial score (nSPS) is 10.9. The Morgan fingerprint density at radius 1 is 1.12 bits per heavy atom. The number of aromatic nitrogens is 4. The first-order valence-electron chi connectivity index (χ1n) is 10.7. The third kappa shape index (κ3) is 5.60. The van der Waals surface area contributed by atoms with Crippen molar-refractivity contribution in [2.24, 2.45) is 0 Å². The summed E-state index contributed by atoms with van der Waals surface area (Å²) < 4.78 is 14.0. The predicted molar refractivity (Wildman–Crippen MR) is 132 cm³/mol. The van der Waals surface area contributed by atoms with Gasteiger partial charge in [0.15, 0.2) is 11.5 Å². The first kappa shape index (κ1) is 23.4. The number of nitro groups is 1. The van der Waals surface area contributed by atoms with Crippen LogP contribution in [0.1, 0.15) is 19.3 Å². The monoisotopic (exact) mass is 526 g/mol. The van der Waals surface area contributed by atoms with Gasteiger partial charge in [-0.3, -0.25) is 0 Å². The van der Waals surface area contributed by atoms with Gasteiger partial charge in [0.05, 0.1) is 25.8 Å². The van der Waals surface area contributed by atoms with E-state index in [0.717, 1.165) is 40.3 Å². The van der Waals surface area contributed by atoms with Crippen molar-refractivity contribution < 1.29 is 14.4 Å². The number of unbranched alkanes of at least 4 members (excludes halogenated alkanes) is 2. The Morgan fingerprint density at radius 2 is 2.00 bits per heavy atom. The molecule has 0 radical (unpaired) electrons. The predicted octanol–water partition coefficient (Wildman–Crippen LogP) is 5.50. The summed E-state index contributed by atoms with van der Waals surface area (Å²) in [6, 6.07) is 11.5. The van der Waals surface area contributed by atoms with E-state index in [1.807, 2.05) is 36.4 Å². The maximum Gasteiger partial charge on any atom is 0.434 e. The van der Waals surface area contributed by atoms with Crippen molar-refractivity contribution in [3.63, 3.8) is 0 Å². The zero-order chi connectivity index (χ0) is 23.9. The number of ether oxygens (including phenoxy) is 2. The third-order valence-electron chi connectivity index (χ3n) is 5.17. The summed E-state index contributed by atoms with van der Waals surface area (Å²) in [7, 11) is 1.59. The van der Waals surface area contributed by atoms with E-state index in [1.54, 1.807) is 17.9 Å². The summed E-state index contributed by atoms with van der Waals surface area (Å²) in [6.45, 7) is 1.03. The molecule has 2 aromatic heterocycles. The molecule has 0 bridgehead atoms. The molecule has 2 heterocycles. The van der Waals surface area contributed by atoms with Crippen LogP contribution in [0.5, 0.6) is 11.5 Å². The van der Waals surface area contributed by atoms with Crippen molar-refractivity contribution in [3.05, 3.63) is 69.7 Å². The van der Waals surface area contributed by atoms with E-state index in [2.05, 4.69) is 36.2 Å². The topological polar surface area (TPSA) is 117 Å². The average Bonchev–Trinajstić information content (AvgIpc) is 3.30. The van der Waals surface area contributed by atoms with Crippen molar-refractivity contribution in [1.82, 2.24) is 19.5 Å². The molecule has 0 atom stereocenters. The fourth-order valence-corrected chi connectivity index (χ4v) is 3.93. The second kappa shape index (κ2) is 10.9. The Morgan fingerprint density at radius 3 is 2.79 bits per heavy atom. The highest BCUT2D eigenvalue weighted by molar-refractivity contribution is 9.10. The molecule has 10 nitrogen and oxygen atoms in total. The van der Waals surface area contributed by atoms with E-state index in [-0.39, 0.29) is 5.95 Å². The lowest BCUT2D eigenvalue weighted by atomic mass is 10.2. The van der Waals surface area contributed by atoms with Crippen molar-refractivity contribution >= 4 is 44.3 Å². The lowest BCUT2D eigenvalue weighted by Gasteiger charge is -2.14. The molecule has 0 aliphatic heterocycles. The van der Waals surface area contributed by atoms with Gasteiger partial charge in [0.1, 0.15) is 24.5 Å². The molecule has 0 saturated heterocycles. The van der Waals surface area contributed by atoms with Gasteiger partial charge in [-0.15, -0.1) is 0 Å². The summed E-state index contributed by atoms with van der Waals surface area (Å²) >= 11 is 3.48. The molecule has 2 aromatic carbocycles. The lowest BCUT2D eigenvalue weighted by Crippen LogP contribution is -2.04. The zero-order valence-electron chi connectivity index (χ0n) is 18.5. The summed E-state index contributed by atoms with van der Waals surface area (Å²) in [5.41, 5.74) is 1.63. The number of hydrogen-bond donors (Lipinski definition) is 1. The number of imidazole rings is 1. The van der Waals surface area contributed by atoms with E-state index < -0.39 is 4.92 Å². The van der Waals surface area contributed by atoms with Crippen LogP contribution in [0.15, 0.2) is 59.6 Å². The van der Waals surface area contributed by atoms with E-state index in [9.17, 15) is 10.1 Å². The van der Waals surface area contributed by atoms with Crippen LogP contribution in [-0.2, 0) is 6.54 Å². The van der Waals surface area contributed by atoms with Crippen molar-refractivity contribution in [2.75, 3.05) is 19.0 Å². The van der Waals surface area contributed by atoms with Gasteiger partial charge >= 0.3 is 5.95 Å². The highest BCUT2D eigenvalue weighted by Crippen LogP contribution is 2.35.